The lowest BCUT2D eigenvalue weighted by Gasteiger charge is -2.46. The summed E-state index contributed by atoms with van der Waals surface area (Å²) >= 11 is 0. The molecule has 6 rings (SSSR count). The summed E-state index contributed by atoms with van der Waals surface area (Å²) < 4.78 is 84.4. The number of amides is 3. The maximum absolute atomic E-state index is 13.0. The van der Waals surface area contributed by atoms with Gasteiger partial charge in [0.1, 0.15) is 70.9 Å². The van der Waals surface area contributed by atoms with Crippen molar-refractivity contribution < 1.29 is 131 Å². The van der Waals surface area contributed by atoms with Crippen molar-refractivity contribution in [3.05, 3.63) is 35.7 Å². The van der Waals surface area contributed by atoms with Crippen LogP contribution in [-0.4, -0.2) is 347 Å². The highest BCUT2D eigenvalue weighted by atomic mass is 16.7. The number of carbonyl (C=O) groups excluding carboxylic acids is 3. The molecule has 0 saturated carbocycles. The second kappa shape index (κ2) is 43.1. The minimum Gasteiger partial charge on any atom is -0.393 e. The third-order valence-electron chi connectivity index (χ3n) is 16.9. The molecule has 4 fully saturated rings. The van der Waals surface area contributed by atoms with E-state index >= 15 is 0 Å². The predicted molar refractivity (Wildman–Crippen MR) is 331 cm³/mol. The standard InChI is InChI=1S/C58H103N13O27/c1-84-56(33-72)36-95-52(47(79)50(56)82)70-28-40(66-68-70)31-93-25-22-90-19-16-87-13-10-62-43(76)4-7-55(59,6-3-42(75)61-9-12-86-15-18-89-21-24-92-30-39(65-60)27-64-45-46(78)49(81)58(35-74)38-97-54(45)98-58)8-5-44(77)63-11-14-88-17-20-91-23-26-94-32-41-29-71(69-67-41)53-48(80)51(83)57(34-73,85-2)37-96-53/h27-29,45-54,60,64,66,68,72-74,78-83H,3-26,30-38,59H2,1-2H3,(H,61,75)(H,62,76)(H,63,77)/b39-27-,65-60?/t45-,46-,47+,48+,49-,50-,51-,52+,53+,54-,55?,56+,57+,58+/m1/s1. The first-order valence-corrected chi connectivity index (χ1v) is 32.4. The molecule has 1 aromatic rings. The summed E-state index contributed by atoms with van der Waals surface area (Å²) in [4.78, 5) is 39.0. The fourth-order valence-corrected chi connectivity index (χ4v) is 10.6. The normalized spacial score (nSPS) is 28.5. The van der Waals surface area contributed by atoms with E-state index in [1.807, 2.05) is 0 Å². The molecule has 1 unspecified atom stereocenters. The van der Waals surface area contributed by atoms with Crippen LogP contribution in [0.3, 0.4) is 0 Å². The molecule has 14 atom stereocenters. The van der Waals surface area contributed by atoms with Gasteiger partial charge in [0.25, 0.3) is 0 Å². The smallest absolute Gasteiger partial charge is 0.220 e. The molecule has 0 spiro atoms. The third kappa shape index (κ3) is 24.9. The SMILES string of the molecule is CO[C@@]1(CO)CO[C@H](N2C=C(COCCOCCOCCNC(=O)CCC(N)(CCC(=O)NCCOCCOCCOC/C(=C/N[C@H]3[C@@H]4OC[C@](CO)(O4)[C@H](O)[C@@H]3O)N=N)CCC(=O)NCCOCCOCCOCc3cn([C@H]4OC[C@](CO)(OC)[C@H](O)[C@@H]4O)nn3)NN2)[C@@H](O)[C@H]1O. The Morgan fingerprint density at radius 3 is 1.60 bits per heavy atom. The highest BCUT2D eigenvalue weighted by Gasteiger charge is 2.59. The minimum atomic E-state index is -1.47. The third-order valence-corrected chi connectivity index (χ3v) is 16.9. The zero-order valence-corrected chi connectivity index (χ0v) is 55.5. The van der Waals surface area contributed by atoms with E-state index in [2.05, 4.69) is 47.7 Å². The van der Waals surface area contributed by atoms with Gasteiger partial charge in [0.05, 0.1) is 170 Å². The Hall–Kier alpha value is -5.01. The number of aliphatic hydroxyl groups excluding tert-OH is 9. The van der Waals surface area contributed by atoms with Crippen molar-refractivity contribution in [1.29, 1.82) is 5.53 Å². The highest BCUT2D eigenvalue weighted by Crippen LogP contribution is 2.37. The van der Waals surface area contributed by atoms with Crippen molar-refractivity contribution in [2.45, 2.75) is 129 Å². The number of aromatic nitrogens is 3. The zero-order chi connectivity index (χ0) is 70.8. The van der Waals surface area contributed by atoms with E-state index in [1.165, 1.54) is 36.3 Å². The number of hydrogen-bond donors (Lipinski definition) is 17. The zero-order valence-electron chi connectivity index (χ0n) is 55.5. The molecule has 40 heteroatoms. The van der Waals surface area contributed by atoms with Gasteiger partial charge >= 0.3 is 0 Å². The Labute approximate surface area is 566 Å². The lowest BCUT2D eigenvalue weighted by Crippen LogP contribution is -2.67. The highest BCUT2D eigenvalue weighted by molar-refractivity contribution is 5.77. The number of hydrazine groups is 2. The summed E-state index contributed by atoms with van der Waals surface area (Å²) in [5.41, 5.74) is 15.9. The van der Waals surface area contributed by atoms with Crippen LogP contribution in [0.4, 0.5) is 0 Å². The average molecular weight is 1410 g/mol. The first kappa shape index (κ1) is 82.0. The van der Waals surface area contributed by atoms with Crippen LogP contribution >= 0.6 is 0 Å². The average Bonchev–Trinajstić information content (AvgIpc) is 1.70. The molecule has 5 aliphatic rings. The lowest BCUT2D eigenvalue weighted by molar-refractivity contribution is -0.279. The van der Waals surface area contributed by atoms with E-state index in [-0.39, 0.29) is 220 Å². The first-order valence-electron chi connectivity index (χ1n) is 32.4. The summed E-state index contributed by atoms with van der Waals surface area (Å²) in [5, 5.41) is 116. The number of nitrogens with two attached hydrogens (primary N) is 1. The van der Waals surface area contributed by atoms with Crippen LogP contribution in [0.15, 0.2) is 35.1 Å². The molecular formula is C58H103N13O27. The van der Waals surface area contributed by atoms with E-state index in [9.17, 15) is 60.3 Å². The molecule has 1 aromatic heterocycles. The van der Waals surface area contributed by atoms with Gasteiger partial charge in [-0.15, -0.1) is 10.6 Å². The molecule has 4 saturated heterocycles. The molecule has 3 amide bonds. The number of nitrogens with one attached hydrogen (secondary N) is 7. The van der Waals surface area contributed by atoms with Gasteiger partial charge in [0.2, 0.25) is 17.7 Å². The van der Waals surface area contributed by atoms with Gasteiger partial charge in [0, 0.05) is 71.1 Å². The molecular weight excluding hydrogens is 1310 g/mol. The van der Waals surface area contributed by atoms with Crippen molar-refractivity contribution in [1.82, 2.24) is 52.2 Å². The van der Waals surface area contributed by atoms with Gasteiger partial charge in [-0.2, -0.15) is 5.11 Å². The number of carbonyl (C=O) groups is 3. The van der Waals surface area contributed by atoms with E-state index in [0.717, 1.165) is 0 Å². The monoisotopic (exact) mass is 1410 g/mol. The van der Waals surface area contributed by atoms with Crippen LogP contribution in [0, 0.1) is 5.53 Å². The molecule has 0 radical (unpaired) electrons. The van der Waals surface area contributed by atoms with Crippen LogP contribution < -0.4 is 38.0 Å². The first-order chi connectivity index (χ1) is 47.3. The molecule has 98 heavy (non-hydrogen) atoms. The van der Waals surface area contributed by atoms with Gasteiger partial charge in [-0.3, -0.25) is 19.4 Å². The van der Waals surface area contributed by atoms with E-state index in [4.69, 9.17) is 82.3 Å². The van der Waals surface area contributed by atoms with Crippen molar-refractivity contribution in [2.24, 2.45) is 10.8 Å². The molecule has 0 aliphatic carbocycles. The van der Waals surface area contributed by atoms with Gasteiger partial charge < -0.3 is 149 Å². The van der Waals surface area contributed by atoms with Gasteiger partial charge in [-0.1, -0.05) is 5.21 Å². The largest absolute Gasteiger partial charge is 0.393 e. The van der Waals surface area contributed by atoms with E-state index in [0.29, 0.717) is 11.4 Å². The van der Waals surface area contributed by atoms with Crippen LogP contribution in [0.1, 0.15) is 50.4 Å². The number of fused-ring (bicyclic) bond motifs is 2. The van der Waals surface area contributed by atoms with Crippen LogP contribution in [0.5, 0.6) is 0 Å². The molecule has 6 heterocycles. The summed E-state index contributed by atoms with van der Waals surface area (Å²) in [7, 11) is 2.61. The fourth-order valence-electron chi connectivity index (χ4n) is 10.6. The summed E-state index contributed by atoms with van der Waals surface area (Å²) in [5.74, 6) is -0.894. The lowest BCUT2D eigenvalue weighted by atomic mass is 9.84. The van der Waals surface area contributed by atoms with Gasteiger partial charge in [0.15, 0.2) is 18.7 Å². The maximum atomic E-state index is 13.0. The van der Waals surface area contributed by atoms with Crippen molar-refractivity contribution in [3.8, 4) is 0 Å². The Balaban J connectivity index is 0.805. The topological polar surface area (TPSA) is 540 Å². The molecule has 2 bridgehead atoms. The van der Waals surface area contributed by atoms with Crippen molar-refractivity contribution >= 4 is 17.7 Å². The molecule has 0 aromatic carbocycles. The number of rotatable bonds is 52. The van der Waals surface area contributed by atoms with E-state index in [1.54, 1.807) is 6.20 Å². The second-order valence-corrected chi connectivity index (χ2v) is 23.8. The molecule has 40 nitrogen and oxygen atoms in total. The van der Waals surface area contributed by atoms with Crippen LogP contribution in [0.2, 0.25) is 0 Å². The number of nitrogens with zero attached hydrogens (tertiary/aromatic N) is 5. The van der Waals surface area contributed by atoms with Crippen LogP contribution in [0.25, 0.3) is 0 Å². The Morgan fingerprint density at radius 2 is 1.11 bits per heavy atom. The summed E-state index contributed by atoms with van der Waals surface area (Å²) in [6, 6.07) is -0.887. The van der Waals surface area contributed by atoms with Crippen molar-refractivity contribution in [3.63, 3.8) is 0 Å². The van der Waals surface area contributed by atoms with Crippen LogP contribution in [-0.2, 0) is 92.0 Å². The minimum absolute atomic E-state index is 0.0123. The Morgan fingerprint density at radius 1 is 0.643 bits per heavy atom. The Bertz CT molecular complexity index is 2550. The molecule has 5 aliphatic heterocycles. The fraction of sp³-hybridized carbons (Fsp3) is 0.845. The Kier molecular flexibility index (Phi) is 36.0. The summed E-state index contributed by atoms with van der Waals surface area (Å²) in [6.07, 6.45) is -6.36. The van der Waals surface area contributed by atoms with Gasteiger partial charge in [-0.05, 0) is 19.3 Å². The second-order valence-electron chi connectivity index (χ2n) is 23.8. The molecule has 562 valence electrons. The van der Waals surface area contributed by atoms with Crippen molar-refractivity contribution in [2.75, 3.05) is 186 Å². The number of aliphatic hydroxyl groups is 9. The quantitative estimate of drug-likeness (QED) is 0.0213. The summed E-state index contributed by atoms with van der Waals surface area (Å²) in [6.45, 7) is 2.15. The predicted octanol–water partition coefficient (Wildman–Crippen LogP) is -7.77. The van der Waals surface area contributed by atoms with Gasteiger partial charge in [-0.25, -0.2) is 10.2 Å². The maximum Gasteiger partial charge on any atom is 0.220 e. The number of hydrogen-bond acceptors (Lipinski definition) is 36. The number of methoxy groups -OCH3 is 2. The molecule has 18 N–H and O–H groups in total. The van der Waals surface area contributed by atoms with E-state index < -0.39 is 104 Å². The number of ether oxygens (including phenoxy) is 15.